The molecular formula is C2H6B4Li2O11. The van der Waals surface area contributed by atoms with Gasteiger partial charge in [0.25, 0.3) is 0 Å². The molecule has 11 nitrogen and oxygen atoms in total. The maximum atomic E-state index is 9.50. The Kier molecular flexibility index (Phi) is 24.8. The van der Waals surface area contributed by atoms with Crippen LogP contribution >= 0.6 is 0 Å². The minimum atomic E-state index is -1.96. The topological polar surface area (TPSA) is 177 Å². The predicted octanol–water partition coefficient (Wildman–Crippen LogP) is -9.69. The van der Waals surface area contributed by atoms with Gasteiger partial charge in [0.05, 0.1) is 0 Å². The van der Waals surface area contributed by atoms with Gasteiger partial charge in [-0.15, -0.1) is 0 Å². The van der Waals surface area contributed by atoms with Crippen molar-refractivity contribution in [2.24, 2.45) is 0 Å². The van der Waals surface area contributed by atoms with E-state index < -0.39 is 26.6 Å². The normalized spacial score (nSPS) is 6.63. The molecule has 0 fully saturated rings. The van der Waals surface area contributed by atoms with Gasteiger partial charge >= 0.3 is 112 Å². The zero-order valence-corrected chi connectivity index (χ0v) is 9.96. The number of aliphatic carboxylic acids is 2. The predicted molar refractivity (Wildman–Crippen MR) is 49.6 cm³/mol. The Labute approximate surface area is 135 Å². The average molecular weight is 263 g/mol. The summed E-state index contributed by atoms with van der Waals surface area (Å²) in [5.41, 5.74) is 0. The number of hydrogen-bond donors (Lipinski definition) is 4. The summed E-state index contributed by atoms with van der Waals surface area (Å²) in [4.78, 5) is 18.2. The Morgan fingerprint density at radius 3 is 1.32 bits per heavy atom. The second-order valence-electron chi connectivity index (χ2n) is 1.83. The summed E-state index contributed by atoms with van der Waals surface area (Å²) >= 11 is 0. The molecule has 0 bridgehead atoms. The fraction of sp³-hybridized carbons (Fsp3) is 0. The van der Waals surface area contributed by atoms with Gasteiger partial charge in [0.2, 0.25) is 0 Å². The summed E-state index contributed by atoms with van der Waals surface area (Å²) in [7, 11) is -4.11. The summed E-state index contributed by atoms with van der Waals surface area (Å²) in [6.07, 6.45) is 0. The molecule has 0 aliphatic rings. The van der Waals surface area contributed by atoms with E-state index in [1.165, 1.54) is 0 Å². The first-order valence-electron chi connectivity index (χ1n) is 3.51. The molecule has 0 spiro atoms. The van der Waals surface area contributed by atoms with Gasteiger partial charge in [-0.05, 0) is 0 Å². The Morgan fingerprint density at radius 2 is 1.16 bits per heavy atom. The van der Waals surface area contributed by atoms with Crippen LogP contribution < -0.4 is 37.7 Å². The molecule has 94 valence electrons. The number of carbonyl (C=O) groups is 2. The standard InChI is InChI=1S/C2H2O4.B4H2O7.2Li.2H/c3-1(4)2(5)6;5-1-9-3(7)11-4(8)10-2-6;;;;/h(H,3,4)(H,5,6);7-8H;;;;/q;;2*+1;2*-1. The number of carboxylic acids is 2. The summed E-state index contributed by atoms with van der Waals surface area (Å²) in [5.74, 6) is -3.65. The van der Waals surface area contributed by atoms with Gasteiger partial charge in [0, 0.05) is 0 Å². The van der Waals surface area contributed by atoms with Crippen LogP contribution in [-0.4, -0.2) is 61.5 Å². The van der Waals surface area contributed by atoms with Gasteiger partial charge in [0.15, 0.2) is 0 Å². The molecule has 0 aliphatic carbocycles. The minimum absolute atomic E-state index is 0. The van der Waals surface area contributed by atoms with Crippen molar-refractivity contribution in [1.29, 1.82) is 0 Å². The molecule has 0 aromatic rings. The van der Waals surface area contributed by atoms with E-state index in [1.807, 2.05) is 0 Å². The van der Waals surface area contributed by atoms with Crippen molar-refractivity contribution in [1.82, 2.24) is 0 Å². The van der Waals surface area contributed by atoms with E-state index in [1.54, 1.807) is 0 Å². The van der Waals surface area contributed by atoms with Crippen LogP contribution in [0, 0.1) is 0 Å². The van der Waals surface area contributed by atoms with Crippen LogP contribution in [-0.2, 0) is 32.7 Å². The Balaban J connectivity index is -0.0000000500. The molecule has 0 saturated heterocycles. The van der Waals surface area contributed by atoms with E-state index in [0.29, 0.717) is 0 Å². The van der Waals surface area contributed by atoms with Crippen molar-refractivity contribution in [3.8, 4) is 0 Å². The van der Waals surface area contributed by atoms with Crippen LogP contribution in [0.2, 0.25) is 0 Å². The third-order valence-corrected chi connectivity index (χ3v) is 0.760. The summed E-state index contributed by atoms with van der Waals surface area (Å²) in [5, 5.41) is 31.6. The van der Waals surface area contributed by atoms with Gasteiger partial charge in [-0.1, -0.05) is 0 Å². The third-order valence-electron chi connectivity index (χ3n) is 0.760. The van der Waals surface area contributed by atoms with Crippen molar-refractivity contribution in [2.75, 3.05) is 0 Å². The van der Waals surface area contributed by atoms with E-state index in [0.717, 1.165) is 0 Å². The molecule has 4 N–H and O–H groups in total. The molecule has 0 saturated carbocycles. The third kappa shape index (κ3) is 23.0. The fourth-order valence-corrected chi connectivity index (χ4v) is 0.259. The van der Waals surface area contributed by atoms with Gasteiger partial charge < -0.3 is 13.1 Å². The number of rotatable bonds is 6. The van der Waals surface area contributed by atoms with E-state index >= 15 is 0 Å². The summed E-state index contributed by atoms with van der Waals surface area (Å²) < 4.78 is 30.4. The quantitative estimate of drug-likeness (QED) is 0.264. The smallest absolute Gasteiger partial charge is 1.00 e. The molecule has 0 heterocycles. The molecule has 0 rings (SSSR count). The van der Waals surface area contributed by atoms with Crippen LogP contribution in [0.1, 0.15) is 2.85 Å². The molecule has 0 radical (unpaired) electrons. The number of hydrogen-bond acceptors (Lipinski definition) is 9. The van der Waals surface area contributed by atoms with E-state index in [9.17, 15) is 9.41 Å². The van der Waals surface area contributed by atoms with Crippen molar-refractivity contribution in [3.05, 3.63) is 0 Å². The molecular weight excluding hydrogens is 257 g/mol. The van der Waals surface area contributed by atoms with Gasteiger partial charge in [-0.3, -0.25) is 0 Å². The maximum absolute atomic E-state index is 9.50. The SMILES string of the molecule is O=BOB(O)OB(O)OB=O.O=C(O)C(=O)O.[H-].[H-].[Li+].[Li+]. The molecule has 0 amide bonds. The summed E-state index contributed by atoms with van der Waals surface area (Å²) in [6, 6.07) is 0. The Bertz CT molecular complexity index is 259. The van der Waals surface area contributed by atoms with Crippen molar-refractivity contribution in [3.63, 3.8) is 0 Å². The largest absolute Gasteiger partial charge is 1.00 e. The molecule has 0 aromatic carbocycles. The Morgan fingerprint density at radius 1 is 0.895 bits per heavy atom. The van der Waals surface area contributed by atoms with Crippen LogP contribution in [0.3, 0.4) is 0 Å². The van der Waals surface area contributed by atoms with Crippen molar-refractivity contribution >= 4 is 41.3 Å². The first kappa shape index (κ1) is 26.9. The van der Waals surface area contributed by atoms with Gasteiger partial charge in [-0.25, -0.2) is 9.59 Å². The second kappa shape index (κ2) is 17.5. The van der Waals surface area contributed by atoms with Crippen molar-refractivity contribution < 1.29 is 93.5 Å². The zero-order valence-electron chi connectivity index (χ0n) is 12.0. The van der Waals surface area contributed by atoms with Crippen LogP contribution in [0.5, 0.6) is 0 Å². The first-order valence-corrected chi connectivity index (χ1v) is 3.51. The molecule has 0 aromatic heterocycles. The first-order chi connectivity index (χ1) is 7.84. The van der Waals surface area contributed by atoms with Crippen LogP contribution in [0.4, 0.5) is 0 Å². The van der Waals surface area contributed by atoms with E-state index in [-0.39, 0.29) is 55.3 Å². The Hall–Kier alpha value is -0.525. The van der Waals surface area contributed by atoms with E-state index in [2.05, 4.69) is 13.7 Å². The average Bonchev–Trinajstić information content (AvgIpc) is 2.18. The molecule has 0 aliphatic heterocycles. The fourth-order valence-electron chi connectivity index (χ4n) is 0.259. The molecule has 0 unspecified atom stereocenters. The van der Waals surface area contributed by atoms with E-state index in [4.69, 9.17) is 29.9 Å². The van der Waals surface area contributed by atoms with Crippen LogP contribution in [0.25, 0.3) is 0 Å². The summed E-state index contributed by atoms with van der Waals surface area (Å²) in [6.45, 7) is 0. The minimum Gasteiger partial charge on any atom is -1.00 e. The molecule has 17 heteroatoms. The molecule has 19 heavy (non-hydrogen) atoms. The van der Waals surface area contributed by atoms with Gasteiger partial charge in [-0.2, -0.15) is 0 Å². The second-order valence-corrected chi connectivity index (χ2v) is 1.83. The number of carboxylic acid groups (broad SMARTS) is 2. The zero-order chi connectivity index (χ0) is 13.8. The maximum Gasteiger partial charge on any atom is 1.00 e. The van der Waals surface area contributed by atoms with Gasteiger partial charge in [0.1, 0.15) is 0 Å². The molecule has 0 atom stereocenters. The monoisotopic (exact) mass is 264 g/mol. The van der Waals surface area contributed by atoms with Crippen LogP contribution in [0.15, 0.2) is 0 Å². The van der Waals surface area contributed by atoms with Crippen molar-refractivity contribution in [2.45, 2.75) is 0 Å².